The van der Waals surface area contributed by atoms with Crippen molar-refractivity contribution in [2.24, 2.45) is 0 Å². The maximum absolute atomic E-state index is 5.77. The third kappa shape index (κ3) is 4.02. The molecule has 0 spiro atoms. The van der Waals surface area contributed by atoms with E-state index in [-0.39, 0.29) is 0 Å². The van der Waals surface area contributed by atoms with Gasteiger partial charge in [-0.05, 0) is 62.4 Å². The largest absolute Gasteiger partial charge is 0.493 e. The Kier molecular flexibility index (Phi) is 5.95. The predicted octanol–water partition coefficient (Wildman–Crippen LogP) is 3.86. The molecule has 0 aliphatic heterocycles. The molecular formula is C18H25NO. The van der Waals surface area contributed by atoms with Gasteiger partial charge in [0.15, 0.2) is 0 Å². The highest BCUT2D eigenvalue weighted by atomic mass is 16.5. The topological polar surface area (TPSA) is 21.3 Å². The van der Waals surface area contributed by atoms with Crippen molar-refractivity contribution >= 4 is 0 Å². The van der Waals surface area contributed by atoms with Crippen LogP contribution in [0.5, 0.6) is 5.75 Å². The molecule has 0 fully saturated rings. The fourth-order valence-electron chi connectivity index (χ4n) is 2.76. The van der Waals surface area contributed by atoms with E-state index in [4.69, 9.17) is 4.74 Å². The Morgan fingerprint density at radius 1 is 1.40 bits per heavy atom. The summed E-state index contributed by atoms with van der Waals surface area (Å²) in [5.41, 5.74) is 2.91. The molecule has 1 aliphatic carbocycles. The highest BCUT2D eigenvalue weighted by molar-refractivity contribution is 5.39. The van der Waals surface area contributed by atoms with Gasteiger partial charge in [0.2, 0.25) is 0 Å². The summed E-state index contributed by atoms with van der Waals surface area (Å²) in [7, 11) is 0. The maximum Gasteiger partial charge on any atom is 0.119 e. The number of fused-ring (bicyclic) bond motifs is 1. The van der Waals surface area contributed by atoms with Crippen LogP contribution in [-0.4, -0.2) is 13.2 Å². The molecule has 0 amide bonds. The van der Waals surface area contributed by atoms with Crippen molar-refractivity contribution in [1.29, 1.82) is 0 Å². The molecule has 1 atom stereocenters. The Bertz CT molecular complexity index is 484. The Balaban J connectivity index is 2.00. The third-order valence-corrected chi connectivity index (χ3v) is 3.74. The first kappa shape index (κ1) is 14.9. The van der Waals surface area contributed by atoms with Crippen molar-refractivity contribution in [3.63, 3.8) is 0 Å². The molecule has 0 aromatic heterocycles. The third-order valence-electron chi connectivity index (χ3n) is 3.74. The van der Waals surface area contributed by atoms with E-state index in [1.165, 1.54) is 36.8 Å². The Hall–Kier alpha value is -1.46. The molecule has 2 rings (SSSR count). The van der Waals surface area contributed by atoms with Crippen LogP contribution in [0.3, 0.4) is 0 Å². The van der Waals surface area contributed by atoms with Gasteiger partial charge in [-0.3, -0.25) is 0 Å². The molecule has 20 heavy (non-hydrogen) atoms. The van der Waals surface area contributed by atoms with E-state index in [2.05, 4.69) is 42.3 Å². The van der Waals surface area contributed by atoms with Gasteiger partial charge in [-0.1, -0.05) is 13.0 Å². The summed E-state index contributed by atoms with van der Waals surface area (Å²) in [6, 6.07) is 7.08. The summed E-state index contributed by atoms with van der Waals surface area (Å²) < 4.78 is 5.77. The molecule has 108 valence electrons. The van der Waals surface area contributed by atoms with Gasteiger partial charge >= 0.3 is 0 Å². The average Bonchev–Trinajstić information content (AvgIpc) is 2.49. The monoisotopic (exact) mass is 271 g/mol. The van der Waals surface area contributed by atoms with Crippen LogP contribution in [0.25, 0.3) is 0 Å². The first-order valence-corrected chi connectivity index (χ1v) is 7.73. The summed E-state index contributed by atoms with van der Waals surface area (Å²) in [6.07, 6.45) is 5.67. The van der Waals surface area contributed by atoms with Gasteiger partial charge in [-0.25, -0.2) is 0 Å². The second-order valence-electron chi connectivity index (χ2n) is 5.28. The molecule has 1 aliphatic rings. The summed E-state index contributed by atoms with van der Waals surface area (Å²) in [5, 5.41) is 3.65. The number of rotatable bonds is 6. The second kappa shape index (κ2) is 7.97. The molecule has 1 N–H and O–H groups in total. The van der Waals surface area contributed by atoms with Gasteiger partial charge in [0, 0.05) is 12.5 Å². The SMILES string of the molecule is CC#CCCOc1ccc2c(c1)CCCC2NCCC. The minimum Gasteiger partial charge on any atom is -0.493 e. The number of hydrogen-bond donors (Lipinski definition) is 1. The zero-order chi connectivity index (χ0) is 14.2. The van der Waals surface area contributed by atoms with Crippen LogP contribution in [0.1, 0.15) is 56.7 Å². The lowest BCUT2D eigenvalue weighted by molar-refractivity contribution is 0.326. The minimum atomic E-state index is 0.527. The molecule has 0 saturated carbocycles. The van der Waals surface area contributed by atoms with Crippen LogP contribution in [0.2, 0.25) is 0 Å². The minimum absolute atomic E-state index is 0.527. The molecule has 0 bridgehead atoms. The van der Waals surface area contributed by atoms with Crippen molar-refractivity contribution < 1.29 is 4.74 Å². The van der Waals surface area contributed by atoms with Gasteiger partial charge in [0.1, 0.15) is 5.75 Å². The zero-order valence-corrected chi connectivity index (χ0v) is 12.7. The Morgan fingerprint density at radius 2 is 2.30 bits per heavy atom. The van der Waals surface area contributed by atoms with Gasteiger partial charge in [-0.2, -0.15) is 0 Å². The van der Waals surface area contributed by atoms with E-state index < -0.39 is 0 Å². The molecule has 0 radical (unpaired) electrons. The molecule has 1 aromatic carbocycles. The summed E-state index contributed by atoms with van der Waals surface area (Å²) in [5.74, 6) is 6.90. The average molecular weight is 271 g/mol. The Morgan fingerprint density at radius 3 is 3.10 bits per heavy atom. The normalized spacial score (nSPS) is 17.0. The quantitative estimate of drug-likeness (QED) is 0.626. The molecule has 0 saturated heterocycles. The molecule has 2 nitrogen and oxygen atoms in total. The highest BCUT2D eigenvalue weighted by Gasteiger charge is 2.19. The fourth-order valence-corrected chi connectivity index (χ4v) is 2.76. The molecule has 1 aromatic rings. The summed E-state index contributed by atoms with van der Waals surface area (Å²) >= 11 is 0. The lowest BCUT2D eigenvalue weighted by Crippen LogP contribution is -2.25. The van der Waals surface area contributed by atoms with Crippen LogP contribution in [0, 0.1) is 11.8 Å². The zero-order valence-electron chi connectivity index (χ0n) is 12.7. The van der Waals surface area contributed by atoms with Crippen molar-refractivity contribution in [1.82, 2.24) is 5.32 Å². The summed E-state index contributed by atoms with van der Waals surface area (Å²) in [4.78, 5) is 0. The lowest BCUT2D eigenvalue weighted by atomic mass is 9.87. The standard InChI is InChI=1S/C18H25NO/c1-3-5-6-13-20-16-10-11-17-15(14-16)8-7-9-18(17)19-12-4-2/h10-11,14,18-19H,4,6-9,12-13H2,1-2H3. The Labute approximate surface area is 122 Å². The van der Waals surface area contributed by atoms with Crippen LogP contribution < -0.4 is 10.1 Å². The first-order chi connectivity index (χ1) is 9.85. The molecule has 1 unspecified atom stereocenters. The van der Waals surface area contributed by atoms with Crippen LogP contribution >= 0.6 is 0 Å². The fraction of sp³-hybridized carbons (Fsp3) is 0.556. The van der Waals surface area contributed by atoms with E-state index in [9.17, 15) is 0 Å². The second-order valence-corrected chi connectivity index (χ2v) is 5.28. The van der Waals surface area contributed by atoms with Crippen molar-refractivity contribution in [2.75, 3.05) is 13.2 Å². The van der Waals surface area contributed by atoms with E-state index >= 15 is 0 Å². The van der Waals surface area contributed by atoms with Crippen LogP contribution in [0.15, 0.2) is 18.2 Å². The number of nitrogens with one attached hydrogen (secondary N) is 1. The van der Waals surface area contributed by atoms with E-state index in [0.717, 1.165) is 18.7 Å². The number of ether oxygens (including phenoxy) is 1. The number of hydrogen-bond acceptors (Lipinski definition) is 2. The maximum atomic E-state index is 5.77. The van der Waals surface area contributed by atoms with Crippen molar-refractivity contribution in [2.45, 2.75) is 52.0 Å². The smallest absolute Gasteiger partial charge is 0.119 e. The molecule has 2 heteroatoms. The lowest BCUT2D eigenvalue weighted by Gasteiger charge is -2.27. The van der Waals surface area contributed by atoms with Gasteiger partial charge < -0.3 is 10.1 Å². The summed E-state index contributed by atoms with van der Waals surface area (Å²) in [6.45, 7) is 5.85. The highest BCUT2D eigenvalue weighted by Crippen LogP contribution is 2.32. The predicted molar refractivity (Wildman–Crippen MR) is 84.0 cm³/mol. The number of benzene rings is 1. The first-order valence-electron chi connectivity index (χ1n) is 7.73. The van der Waals surface area contributed by atoms with Gasteiger partial charge in [0.25, 0.3) is 0 Å². The van der Waals surface area contributed by atoms with E-state index in [1.54, 1.807) is 0 Å². The van der Waals surface area contributed by atoms with Crippen molar-refractivity contribution in [3.8, 4) is 17.6 Å². The van der Waals surface area contributed by atoms with Gasteiger partial charge in [-0.15, -0.1) is 11.8 Å². The van der Waals surface area contributed by atoms with E-state index in [1.807, 2.05) is 6.92 Å². The van der Waals surface area contributed by atoms with Crippen molar-refractivity contribution in [3.05, 3.63) is 29.3 Å². The van der Waals surface area contributed by atoms with Gasteiger partial charge in [0.05, 0.1) is 6.61 Å². The molecular weight excluding hydrogens is 246 g/mol. The molecule has 0 heterocycles. The van der Waals surface area contributed by atoms with Crippen LogP contribution in [-0.2, 0) is 6.42 Å². The van der Waals surface area contributed by atoms with Crippen LogP contribution in [0.4, 0.5) is 0 Å². The van der Waals surface area contributed by atoms with E-state index in [0.29, 0.717) is 12.6 Å². The number of aryl methyl sites for hydroxylation is 1.